The number of nitrogens with one attached hydrogen (secondary N) is 4. The Hall–Kier alpha value is -2.69. The first kappa shape index (κ1) is 29.3. The molecule has 4 amide bonds. The molecule has 11 heteroatoms. The van der Waals surface area contributed by atoms with Crippen LogP contribution >= 0.6 is 0 Å². The highest BCUT2D eigenvalue weighted by Gasteiger charge is 2.33. The average molecular weight is 485 g/mol. The van der Waals surface area contributed by atoms with Crippen LogP contribution in [0.4, 0.5) is 4.79 Å². The van der Waals surface area contributed by atoms with Crippen molar-refractivity contribution in [1.82, 2.24) is 21.3 Å². The summed E-state index contributed by atoms with van der Waals surface area (Å²) in [4.78, 5) is 62.4. The molecule has 11 nitrogen and oxygen atoms in total. The molecule has 34 heavy (non-hydrogen) atoms. The topological polar surface area (TPSA) is 152 Å². The molecular formula is C23H40N4O7. The number of Topliss-reactive ketones (excluding diaryl/α,β-unsaturated/α-hetero) is 1. The molecule has 4 N–H and O–H groups in total. The summed E-state index contributed by atoms with van der Waals surface area (Å²) in [6.07, 6.45) is -0.443. The van der Waals surface area contributed by atoms with Gasteiger partial charge >= 0.3 is 6.09 Å². The number of ether oxygens (including phenoxy) is 2. The van der Waals surface area contributed by atoms with Crippen LogP contribution in [0.3, 0.4) is 0 Å². The molecule has 0 aromatic carbocycles. The van der Waals surface area contributed by atoms with Gasteiger partial charge in [-0.2, -0.15) is 0 Å². The van der Waals surface area contributed by atoms with Crippen molar-refractivity contribution in [2.45, 2.75) is 73.0 Å². The minimum atomic E-state index is -1.16. The summed E-state index contributed by atoms with van der Waals surface area (Å²) in [5.41, 5.74) is -0.234. The Labute approximate surface area is 201 Å². The lowest BCUT2D eigenvalue weighted by Crippen LogP contribution is -2.59. The van der Waals surface area contributed by atoms with Crippen molar-refractivity contribution in [3.8, 4) is 0 Å². The molecule has 0 saturated carbocycles. The first-order valence-corrected chi connectivity index (χ1v) is 11.6. The van der Waals surface area contributed by atoms with Crippen molar-refractivity contribution in [3.63, 3.8) is 0 Å². The van der Waals surface area contributed by atoms with E-state index in [-0.39, 0.29) is 50.0 Å². The summed E-state index contributed by atoms with van der Waals surface area (Å²) >= 11 is 0. The zero-order valence-electron chi connectivity index (χ0n) is 21.3. The van der Waals surface area contributed by atoms with Gasteiger partial charge in [0.1, 0.15) is 18.1 Å². The average Bonchev–Trinajstić information content (AvgIpc) is 2.71. The maximum Gasteiger partial charge on any atom is 0.407 e. The van der Waals surface area contributed by atoms with Crippen molar-refractivity contribution in [2.24, 2.45) is 17.3 Å². The number of rotatable bonds is 9. The number of alkyl carbamates (subject to hydrolysis) is 1. The van der Waals surface area contributed by atoms with Crippen LogP contribution in [0.2, 0.25) is 0 Å². The molecule has 1 saturated heterocycles. The van der Waals surface area contributed by atoms with Crippen LogP contribution in [-0.2, 0) is 28.7 Å². The quantitative estimate of drug-likeness (QED) is 0.348. The summed E-state index contributed by atoms with van der Waals surface area (Å²) in [5.74, 6) is -3.03. The van der Waals surface area contributed by atoms with E-state index in [1.807, 2.05) is 34.6 Å². The third-order valence-electron chi connectivity index (χ3n) is 4.87. The molecule has 1 fully saturated rings. The molecule has 3 unspecified atom stereocenters. The second-order valence-electron chi connectivity index (χ2n) is 10.4. The number of carbonyl (C=O) groups is 5. The highest BCUT2D eigenvalue weighted by atomic mass is 16.5. The van der Waals surface area contributed by atoms with E-state index < -0.39 is 47.7 Å². The van der Waals surface area contributed by atoms with Gasteiger partial charge in [0.05, 0.1) is 19.8 Å². The monoisotopic (exact) mass is 484 g/mol. The maximum atomic E-state index is 13.0. The van der Waals surface area contributed by atoms with Crippen molar-refractivity contribution in [2.75, 3.05) is 26.4 Å². The van der Waals surface area contributed by atoms with Crippen molar-refractivity contribution in [1.29, 1.82) is 0 Å². The third kappa shape index (κ3) is 10.5. The molecule has 1 heterocycles. The Morgan fingerprint density at radius 2 is 1.74 bits per heavy atom. The molecule has 0 spiro atoms. The Balaban J connectivity index is 2.89. The van der Waals surface area contributed by atoms with Crippen molar-refractivity contribution < 1.29 is 33.4 Å². The first-order chi connectivity index (χ1) is 15.7. The molecule has 194 valence electrons. The van der Waals surface area contributed by atoms with Crippen LogP contribution in [0, 0.1) is 17.3 Å². The summed E-state index contributed by atoms with van der Waals surface area (Å²) < 4.78 is 10.5. The Morgan fingerprint density at radius 3 is 2.29 bits per heavy atom. The van der Waals surface area contributed by atoms with Crippen molar-refractivity contribution >= 4 is 29.6 Å². The number of amides is 4. The summed E-state index contributed by atoms with van der Waals surface area (Å²) in [6, 6.07) is -3.08. The molecule has 0 radical (unpaired) electrons. The van der Waals surface area contributed by atoms with Gasteiger partial charge in [0.15, 0.2) is 0 Å². The summed E-state index contributed by atoms with van der Waals surface area (Å²) in [7, 11) is 0. The van der Waals surface area contributed by atoms with E-state index in [0.29, 0.717) is 0 Å². The molecule has 3 atom stereocenters. The van der Waals surface area contributed by atoms with E-state index in [1.54, 1.807) is 13.8 Å². The number of carbonyl (C=O) groups excluding carboxylic acids is 5. The fraction of sp³-hybridized carbons (Fsp3) is 0.783. The van der Waals surface area contributed by atoms with Gasteiger partial charge in [-0.05, 0) is 23.7 Å². The molecule has 0 bridgehead atoms. The zero-order chi connectivity index (χ0) is 26.1. The SMILES string of the molecule is CC(C)CC(NC(=O)C(NC(=O)OCC(C)(C)C)C(C)C)C(=O)NC1COCCNC(=O)C1=O. The van der Waals surface area contributed by atoms with Gasteiger partial charge in [0.25, 0.3) is 5.91 Å². The molecule has 0 aromatic rings. The molecule has 0 aromatic heterocycles. The largest absolute Gasteiger partial charge is 0.449 e. The van der Waals surface area contributed by atoms with E-state index in [0.717, 1.165) is 0 Å². The minimum Gasteiger partial charge on any atom is -0.449 e. The number of hydrogen-bond donors (Lipinski definition) is 4. The van der Waals surface area contributed by atoms with Gasteiger partial charge in [-0.3, -0.25) is 19.2 Å². The van der Waals surface area contributed by atoms with Crippen molar-refractivity contribution in [3.05, 3.63) is 0 Å². The van der Waals surface area contributed by atoms with Gasteiger partial charge < -0.3 is 30.7 Å². The number of ketones is 1. The highest BCUT2D eigenvalue weighted by Crippen LogP contribution is 2.13. The summed E-state index contributed by atoms with van der Waals surface area (Å²) in [6.45, 7) is 13.5. The maximum absolute atomic E-state index is 13.0. The Morgan fingerprint density at radius 1 is 1.09 bits per heavy atom. The predicted molar refractivity (Wildman–Crippen MR) is 125 cm³/mol. The second-order valence-corrected chi connectivity index (χ2v) is 10.4. The molecular weight excluding hydrogens is 444 g/mol. The fourth-order valence-electron chi connectivity index (χ4n) is 3.09. The third-order valence-corrected chi connectivity index (χ3v) is 4.87. The van der Waals surface area contributed by atoms with Crippen LogP contribution in [0.5, 0.6) is 0 Å². The molecule has 1 aliphatic rings. The second kappa shape index (κ2) is 13.3. The van der Waals surface area contributed by atoms with Gasteiger partial charge in [0.2, 0.25) is 17.6 Å². The minimum absolute atomic E-state index is 0.0332. The molecule has 1 rings (SSSR count). The lowest BCUT2D eigenvalue weighted by molar-refractivity contribution is -0.142. The van der Waals surface area contributed by atoms with Crippen LogP contribution in [0.1, 0.15) is 54.9 Å². The van der Waals surface area contributed by atoms with E-state index in [9.17, 15) is 24.0 Å². The Kier molecular flexibility index (Phi) is 11.4. The van der Waals surface area contributed by atoms with Crippen LogP contribution in [0.15, 0.2) is 0 Å². The Bertz CT molecular complexity index is 746. The standard InChI is InChI=1S/C23H40N4O7/c1-13(2)10-15(19(29)26-16-11-33-9-8-24-21(31)18(16)28)25-20(30)17(14(3)4)27-22(32)34-12-23(5,6)7/h13-17H,8-12H2,1-7H3,(H,24,31)(H,25,30)(H,26,29)(H,27,32). The van der Waals surface area contributed by atoms with Gasteiger partial charge in [-0.25, -0.2) is 4.79 Å². The predicted octanol–water partition coefficient (Wildman–Crippen LogP) is 0.515. The van der Waals surface area contributed by atoms with E-state index >= 15 is 0 Å². The van der Waals surface area contributed by atoms with Gasteiger partial charge in [0, 0.05) is 6.54 Å². The lowest BCUT2D eigenvalue weighted by atomic mass is 9.99. The van der Waals surface area contributed by atoms with Crippen LogP contribution in [-0.4, -0.2) is 74.1 Å². The van der Waals surface area contributed by atoms with Crippen LogP contribution < -0.4 is 21.3 Å². The van der Waals surface area contributed by atoms with Gasteiger partial charge in [-0.1, -0.05) is 48.5 Å². The summed E-state index contributed by atoms with van der Waals surface area (Å²) in [5, 5.41) is 10.2. The molecule has 1 aliphatic heterocycles. The van der Waals surface area contributed by atoms with E-state index in [4.69, 9.17) is 9.47 Å². The first-order valence-electron chi connectivity index (χ1n) is 11.6. The molecule has 0 aliphatic carbocycles. The highest BCUT2D eigenvalue weighted by molar-refractivity contribution is 6.38. The fourth-order valence-corrected chi connectivity index (χ4v) is 3.09. The number of hydrogen-bond acceptors (Lipinski definition) is 7. The van der Waals surface area contributed by atoms with E-state index in [1.165, 1.54) is 0 Å². The zero-order valence-corrected chi connectivity index (χ0v) is 21.3. The van der Waals surface area contributed by atoms with Crippen LogP contribution in [0.25, 0.3) is 0 Å². The van der Waals surface area contributed by atoms with Gasteiger partial charge in [-0.15, -0.1) is 0 Å². The van der Waals surface area contributed by atoms with E-state index in [2.05, 4.69) is 21.3 Å². The lowest BCUT2D eigenvalue weighted by Gasteiger charge is -2.28. The smallest absolute Gasteiger partial charge is 0.407 e. The normalized spacial score (nSPS) is 18.9.